The van der Waals surface area contributed by atoms with Gasteiger partial charge in [0.1, 0.15) is 17.1 Å². The van der Waals surface area contributed by atoms with Gasteiger partial charge in [0, 0.05) is 24.5 Å². The Bertz CT molecular complexity index is 1200. The highest BCUT2D eigenvalue weighted by Crippen LogP contribution is 2.28. The summed E-state index contributed by atoms with van der Waals surface area (Å²) in [6.07, 6.45) is 7.46. The summed E-state index contributed by atoms with van der Waals surface area (Å²) in [4.78, 5) is 19.8. The highest BCUT2D eigenvalue weighted by molar-refractivity contribution is 5.90. The molecule has 0 aliphatic rings. The summed E-state index contributed by atoms with van der Waals surface area (Å²) in [7, 11) is 0. The van der Waals surface area contributed by atoms with Gasteiger partial charge in [-0.3, -0.25) is 10.0 Å². The van der Waals surface area contributed by atoms with Crippen molar-refractivity contribution in [3.63, 3.8) is 0 Å². The molecule has 0 aliphatic heterocycles. The van der Waals surface area contributed by atoms with Crippen LogP contribution in [-0.4, -0.2) is 32.3 Å². The van der Waals surface area contributed by atoms with Crippen molar-refractivity contribution < 1.29 is 19.2 Å². The van der Waals surface area contributed by atoms with Crippen LogP contribution in [0, 0.1) is 0 Å². The standard InChI is InChI=1S/C24H27N5O4/c25-24-26-22(20-9-6-14-33-20)19-11-12-29(23(19)27-24)16-17-7-5-8-18(15-17)32-13-4-2-1-3-10-21(30)28-31/h5-9,11-12,14-15,31H,1-4,10,13,16H2,(H,28,30)(H2,25,26,27). The second-order valence-electron chi connectivity index (χ2n) is 7.78. The van der Waals surface area contributed by atoms with Gasteiger partial charge in [-0.05, 0) is 48.7 Å². The molecule has 0 aliphatic carbocycles. The maximum atomic E-state index is 11.0. The van der Waals surface area contributed by atoms with Crippen LogP contribution in [0.4, 0.5) is 5.95 Å². The Morgan fingerprint density at radius 3 is 2.82 bits per heavy atom. The lowest BCUT2D eigenvalue weighted by Crippen LogP contribution is -2.17. The molecule has 1 aromatic carbocycles. The van der Waals surface area contributed by atoms with Gasteiger partial charge in [0.15, 0.2) is 5.76 Å². The molecule has 0 radical (unpaired) electrons. The van der Waals surface area contributed by atoms with E-state index in [1.165, 1.54) is 0 Å². The summed E-state index contributed by atoms with van der Waals surface area (Å²) >= 11 is 0. The van der Waals surface area contributed by atoms with Crippen molar-refractivity contribution in [1.29, 1.82) is 0 Å². The lowest BCUT2D eigenvalue weighted by atomic mass is 10.1. The predicted octanol–water partition coefficient (Wildman–Crippen LogP) is 4.16. The minimum Gasteiger partial charge on any atom is -0.494 e. The van der Waals surface area contributed by atoms with Gasteiger partial charge in [-0.2, -0.15) is 4.98 Å². The third-order valence-corrected chi connectivity index (χ3v) is 5.33. The SMILES string of the molecule is Nc1nc(-c2ccco2)c2ccn(Cc3cccc(OCCCCCCC(=O)NO)c3)c2n1. The molecule has 4 rings (SSSR count). The summed E-state index contributed by atoms with van der Waals surface area (Å²) in [5, 5.41) is 9.36. The molecule has 4 aromatic rings. The molecule has 0 saturated heterocycles. The molecular weight excluding hydrogens is 422 g/mol. The van der Waals surface area contributed by atoms with E-state index in [1.807, 2.05) is 53.2 Å². The van der Waals surface area contributed by atoms with Gasteiger partial charge in [-0.1, -0.05) is 25.0 Å². The number of amides is 1. The number of benzene rings is 1. The van der Waals surface area contributed by atoms with Crippen LogP contribution in [0.1, 0.15) is 37.7 Å². The number of hydrogen-bond donors (Lipinski definition) is 3. The molecule has 0 atom stereocenters. The molecule has 172 valence electrons. The molecule has 33 heavy (non-hydrogen) atoms. The molecule has 0 spiro atoms. The lowest BCUT2D eigenvalue weighted by molar-refractivity contribution is -0.129. The fourth-order valence-electron chi connectivity index (χ4n) is 3.73. The highest BCUT2D eigenvalue weighted by atomic mass is 16.5. The molecule has 0 fully saturated rings. The van der Waals surface area contributed by atoms with E-state index in [-0.39, 0.29) is 11.9 Å². The van der Waals surface area contributed by atoms with Gasteiger partial charge in [-0.25, -0.2) is 10.5 Å². The van der Waals surface area contributed by atoms with Crippen molar-refractivity contribution in [2.75, 3.05) is 12.3 Å². The van der Waals surface area contributed by atoms with E-state index in [9.17, 15) is 4.79 Å². The molecule has 0 unspecified atom stereocenters. The van der Waals surface area contributed by atoms with Crippen LogP contribution >= 0.6 is 0 Å². The number of fused-ring (bicyclic) bond motifs is 1. The Morgan fingerprint density at radius 2 is 2.00 bits per heavy atom. The van der Waals surface area contributed by atoms with Crippen molar-refractivity contribution in [1.82, 2.24) is 20.0 Å². The van der Waals surface area contributed by atoms with Gasteiger partial charge < -0.3 is 19.5 Å². The number of carbonyl (C=O) groups is 1. The zero-order valence-electron chi connectivity index (χ0n) is 18.2. The minimum atomic E-state index is -0.343. The summed E-state index contributed by atoms with van der Waals surface area (Å²) in [5.74, 6) is 1.32. The fraction of sp³-hybridized carbons (Fsp3) is 0.292. The molecule has 0 bridgehead atoms. The van der Waals surface area contributed by atoms with E-state index in [0.29, 0.717) is 31.0 Å². The largest absolute Gasteiger partial charge is 0.494 e. The number of rotatable bonds is 11. The summed E-state index contributed by atoms with van der Waals surface area (Å²) in [5.41, 5.74) is 10.1. The number of aromatic nitrogens is 3. The molecule has 3 aromatic heterocycles. The Labute approximate surface area is 191 Å². The van der Waals surface area contributed by atoms with Crippen LogP contribution in [0.5, 0.6) is 5.75 Å². The van der Waals surface area contributed by atoms with E-state index in [2.05, 4.69) is 9.97 Å². The molecule has 9 heteroatoms. The van der Waals surface area contributed by atoms with Gasteiger partial charge in [0.2, 0.25) is 11.9 Å². The number of anilines is 1. The van der Waals surface area contributed by atoms with E-state index in [1.54, 1.807) is 11.7 Å². The first-order valence-corrected chi connectivity index (χ1v) is 10.9. The Kier molecular flexibility index (Phi) is 7.21. The van der Waals surface area contributed by atoms with Gasteiger partial charge >= 0.3 is 0 Å². The molecule has 4 N–H and O–H groups in total. The Balaban J connectivity index is 1.36. The number of nitrogens with zero attached hydrogens (tertiary/aromatic N) is 3. The van der Waals surface area contributed by atoms with Crippen LogP contribution in [0.15, 0.2) is 59.3 Å². The van der Waals surface area contributed by atoms with Gasteiger partial charge in [0.05, 0.1) is 12.9 Å². The first-order valence-electron chi connectivity index (χ1n) is 10.9. The lowest BCUT2D eigenvalue weighted by Gasteiger charge is -2.10. The average molecular weight is 450 g/mol. The number of unbranched alkanes of at least 4 members (excludes halogenated alkanes) is 3. The van der Waals surface area contributed by atoms with Crippen LogP contribution < -0.4 is 16.0 Å². The Morgan fingerprint density at radius 1 is 1.12 bits per heavy atom. The fourth-order valence-corrected chi connectivity index (χ4v) is 3.73. The molecule has 1 amide bonds. The molecule has 9 nitrogen and oxygen atoms in total. The monoisotopic (exact) mass is 449 g/mol. The molecular formula is C24H27N5O4. The quantitative estimate of drug-likeness (QED) is 0.178. The van der Waals surface area contributed by atoms with E-state index in [4.69, 9.17) is 20.1 Å². The first kappa shape index (κ1) is 22.3. The number of ether oxygens (including phenoxy) is 1. The summed E-state index contributed by atoms with van der Waals surface area (Å²) < 4.78 is 13.4. The number of nitrogens with one attached hydrogen (secondary N) is 1. The normalized spacial score (nSPS) is 11.1. The number of hydroxylamine groups is 1. The topological polar surface area (TPSA) is 128 Å². The summed E-state index contributed by atoms with van der Waals surface area (Å²) in [6, 6.07) is 13.6. The zero-order valence-corrected chi connectivity index (χ0v) is 18.2. The maximum Gasteiger partial charge on any atom is 0.243 e. The van der Waals surface area contributed by atoms with E-state index < -0.39 is 0 Å². The number of furan rings is 1. The molecule has 0 saturated carbocycles. The predicted molar refractivity (Wildman–Crippen MR) is 124 cm³/mol. The van der Waals surface area contributed by atoms with E-state index >= 15 is 0 Å². The van der Waals surface area contributed by atoms with Crippen LogP contribution in [0.2, 0.25) is 0 Å². The average Bonchev–Trinajstić information content (AvgIpc) is 3.49. The zero-order chi connectivity index (χ0) is 23.0. The third-order valence-electron chi connectivity index (χ3n) is 5.33. The number of nitrogens with two attached hydrogens (primary N) is 1. The number of nitrogen functional groups attached to an aromatic ring is 1. The van der Waals surface area contributed by atoms with Crippen molar-refractivity contribution in [2.24, 2.45) is 0 Å². The van der Waals surface area contributed by atoms with Gasteiger partial charge in [0.25, 0.3) is 0 Å². The smallest absolute Gasteiger partial charge is 0.243 e. The summed E-state index contributed by atoms with van der Waals surface area (Å²) in [6.45, 7) is 1.22. The van der Waals surface area contributed by atoms with Crippen molar-refractivity contribution in [2.45, 2.75) is 38.6 Å². The third kappa shape index (κ3) is 5.69. The number of carbonyl (C=O) groups excluding carboxylic acids is 1. The first-order chi connectivity index (χ1) is 16.1. The number of hydrogen-bond acceptors (Lipinski definition) is 7. The van der Waals surface area contributed by atoms with Crippen molar-refractivity contribution in [3.8, 4) is 17.2 Å². The second-order valence-corrected chi connectivity index (χ2v) is 7.78. The van der Waals surface area contributed by atoms with Crippen LogP contribution in [0.25, 0.3) is 22.5 Å². The van der Waals surface area contributed by atoms with Crippen LogP contribution in [-0.2, 0) is 11.3 Å². The van der Waals surface area contributed by atoms with Crippen LogP contribution in [0.3, 0.4) is 0 Å². The minimum absolute atomic E-state index is 0.197. The second kappa shape index (κ2) is 10.6. The highest BCUT2D eigenvalue weighted by Gasteiger charge is 2.14. The molecule has 3 heterocycles. The van der Waals surface area contributed by atoms with Crippen molar-refractivity contribution in [3.05, 3.63) is 60.5 Å². The van der Waals surface area contributed by atoms with E-state index in [0.717, 1.165) is 48.0 Å². The van der Waals surface area contributed by atoms with Crippen molar-refractivity contribution >= 4 is 22.9 Å². The maximum absolute atomic E-state index is 11.0. The Hall–Kier alpha value is -3.85. The van der Waals surface area contributed by atoms with Gasteiger partial charge in [-0.15, -0.1) is 0 Å².